The molecule has 0 rings (SSSR count). The summed E-state index contributed by atoms with van der Waals surface area (Å²) in [4.78, 5) is 11.7. The van der Waals surface area contributed by atoms with E-state index in [0.717, 1.165) is 12.8 Å². The van der Waals surface area contributed by atoms with E-state index in [9.17, 15) is 4.79 Å². The molecule has 0 aliphatic carbocycles. The Labute approximate surface area is 93.0 Å². The van der Waals surface area contributed by atoms with Gasteiger partial charge in [0.05, 0.1) is 5.57 Å². The maximum absolute atomic E-state index is 11.7. The summed E-state index contributed by atoms with van der Waals surface area (Å²) in [6.45, 7) is 9.59. The highest BCUT2D eigenvalue weighted by molar-refractivity contribution is 5.91. The number of unbranched alkanes of at least 4 members (excludes halogenated alkanes) is 1. The predicted molar refractivity (Wildman–Crippen MR) is 63.7 cm³/mol. The number of rotatable bonds is 4. The Balaban J connectivity index is 4.57. The minimum atomic E-state index is -0.427. The van der Waals surface area contributed by atoms with E-state index >= 15 is 0 Å². The van der Waals surface area contributed by atoms with Gasteiger partial charge in [-0.2, -0.15) is 0 Å². The summed E-state index contributed by atoms with van der Waals surface area (Å²) in [5.41, 5.74) is 0.221. The molecule has 0 aromatic heterocycles. The average Bonchev–Trinajstić information content (AvgIpc) is 2.09. The van der Waals surface area contributed by atoms with E-state index < -0.39 is 5.60 Å². The average molecular weight is 210 g/mol. The van der Waals surface area contributed by atoms with Crippen LogP contribution >= 0.6 is 0 Å². The monoisotopic (exact) mass is 210 g/mol. The van der Waals surface area contributed by atoms with Crippen LogP contribution in [0.15, 0.2) is 23.8 Å². The Morgan fingerprint density at radius 2 is 1.93 bits per heavy atom. The standard InChI is InChI=1S/C13H22O2/c1-6-8-10-11(9-7-2)12(14)15-13(3,4)5/h7,9-10H,6,8H2,1-5H3/b9-7-,11-10+. The lowest BCUT2D eigenvalue weighted by molar-refractivity contribution is -0.149. The van der Waals surface area contributed by atoms with Gasteiger partial charge in [-0.25, -0.2) is 4.79 Å². The van der Waals surface area contributed by atoms with Crippen molar-refractivity contribution in [3.8, 4) is 0 Å². The van der Waals surface area contributed by atoms with Crippen LogP contribution in [0.25, 0.3) is 0 Å². The minimum Gasteiger partial charge on any atom is -0.456 e. The summed E-state index contributed by atoms with van der Waals surface area (Å²) in [6.07, 6.45) is 7.51. The zero-order valence-corrected chi connectivity index (χ0v) is 10.5. The van der Waals surface area contributed by atoms with Gasteiger partial charge in [0.1, 0.15) is 5.60 Å². The Hall–Kier alpha value is -1.05. The van der Waals surface area contributed by atoms with Gasteiger partial charge in [0.25, 0.3) is 0 Å². The third kappa shape index (κ3) is 6.95. The fourth-order valence-electron chi connectivity index (χ4n) is 1.04. The molecule has 0 unspecified atom stereocenters. The van der Waals surface area contributed by atoms with Gasteiger partial charge in [-0.3, -0.25) is 0 Å². The topological polar surface area (TPSA) is 26.3 Å². The first-order valence-electron chi connectivity index (χ1n) is 5.47. The van der Waals surface area contributed by atoms with E-state index in [2.05, 4.69) is 6.92 Å². The quantitative estimate of drug-likeness (QED) is 0.402. The zero-order chi connectivity index (χ0) is 11.9. The van der Waals surface area contributed by atoms with E-state index in [1.54, 1.807) is 6.08 Å². The van der Waals surface area contributed by atoms with E-state index in [0.29, 0.717) is 5.57 Å². The molecule has 0 atom stereocenters. The molecule has 2 heteroatoms. The normalized spacial score (nSPS) is 13.3. The number of carbonyl (C=O) groups is 1. The first-order valence-corrected chi connectivity index (χ1v) is 5.47. The van der Waals surface area contributed by atoms with Crippen molar-refractivity contribution in [3.63, 3.8) is 0 Å². The van der Waals surface area contributed by atoms with Crippen LogP contribution in [0.5, 0.6) is 0 Å². The zero-order valence-electron chi connectivity index (χ0n) is 10.5. The van der Waals surface area contributed by atoms with Crippen molar-refractivity contribution in [1.82, 2.24) is 0 Å². The second-order valence-corrected chi connectivity index (χ2v) is 4.45. The van der Waals surface area contributed by atoms with Gasteiger partial charge >= 0.3 is 5.97 Å². The predicted octanol–water partition coefficient (Wildman–Crippen LogP) is 3.63. The Morgan fingerprint density at radius 3 is 2.33 bits per heavy atom. The van der Waals surface area contributed by atoms with Crippen molar-refractivity contribution in [3.05, 3.63) is 23.8 Å². The van der Waals surface area contributed by atoms with Crippen LogP contribution < -0.4 is 0 Å². The van der Waals surface area contributed by atoms with Gasteiger partial charge in [0, 0.05) is 0 Å². The summed E-state index contributed by atoms with van der Waals surface area (Å²) in [5, 5.41) is 0. The molecule has 0 aliphatic heterocycles. The molecule has 15 heavy (non-hydrogen) atoms. The molecule has 0 radical (unpaired) electrons. The molecule has 0 N–H and O–H groups in total. The number of carbonyl (C=O) groups excluding carboxylic acids is 1. The third-order valence-electron chi connectivity index (χ3n) is 1.63. The van der Waals surface area contributed by atoms with Crippen LogP contribution in [0.3, 0.4) is 0 Å². The lowest BCUT2D eigenvalue weighted by Crippen LogP contribution is -2.24. The molecule has 2 nitrogen and oxygen atoms in total. The van der Waals surface area contributed by atoms with Crippen molar-refractivity contribution < 1.29 is 9.53 Å². The molecule has 0 amide bonds. The van der Waals surface area contributed by atoms with Crippen molar-refractivity contribution in [2.45, 2.75) is 53.1 Å². The molecule has 0 saturated carbocycles. The molecule has 0 saturated heterocycles. The molecule has 0 fully saturated rings. The number of hydrogen-bond donors (Lipinski definition) is 0. The Bertz CT molecular complexity index is 254. The molecular formula is C13H22O2. The van der Waals surface area contributed by atoms with Crippen LogP contribution in [0.2, 0.25) is 0 Å². The molecule has 0 heterocycles. The molecule has 0 aromatic rings. The second-order valence-electron chi connectivity index (χ2n) is 4.45. The van der Waals surface area contributed by atoms with Gasteiger partial charge in [-0.05, 0) is 34.1 Å². The van der Waals surface area contributed by atoms with Gasteiger partial charge in [0.2, 0.25) is 0 Å². The molecule has 86 valence electrons. The van der Waals surface area contributed by atoms with E-state index in [4.69, 9.17) is 4.74 Å². The fraction of sp³-hybridized carbons (Fsp3) is 0.615. The summed E-state index contributed by atoms with van der Waals surface area (Å²) < 4.78 is 5.29. The van der Waals surface area contributed by atoms with Gasteiger partial charge in [-0.15, -0.1) is 0 Å². The van der Waals surface area contributed by atoms with Crippen LogP contribution in [0.4, 0.5) is 0 Å². The second kappa shape index (κ2) is 6.44. The third-order valence-corrected chi connectivity index (χ3v) is 1.63. The minimum absolute atomic E-state index is 0.242. The van der Waals surface area contributed by atoms with Crippen molar-refractivity contribution in [1.29, 1.82) is 0 Å². The summed E-state index contributed by atoms with van der Waals surface area (Å²) in [6, 6.07) is 0. The molecule has 0 aromatic carbocycles. The van der Waals surface area contributed by atoms with Crippen LogP contribution in [-0.4, -0.2) is 11.6 Å². The molecule has 0 aliphatic rings. The van der Waals surface area contributed by atoms with E-state index in [1.807, 2.05) is 39.8 Å². The lowest BCUT2D eigenvalue weighted by Gasteiger charge is -2.19. The van der Waals surface area contributed by atoms with E-state index in [-0.39, 0.29) is 5.97 Å². The highest BCUT2D eigenvalue weighted by Gasteiger charge is 2.17. The van der Waals surface area contributed by atoms with Gasteiger partial charge in [-0.1, -0.05) is 31.6 Å². The summed E-state index contributed by atoms with van der Waals surface area (Å²) in [5.74, 6) is -0.242. The van der Waals surface area contributed by atoms with Crippen LogP contribution in [-0.2, 0) is 9.53 Å². The van der Waals surface area contributed by atoms with Crippen LogP contribution in [0, 0.1) is 0 Å². The number of ether oxygens (including phenoxy) is 1. The SMILES string of the molecule is C/C=C\C(=C/CCC)C(=O)OC(C)(C)C. The highest BCUT2D eigenvalue weighted by Crippen LogP contribution is 2.12. The van der Waals surface area contributed by atoms with Crippen molar-refractivity contribution in [2.75, 3.05) is 0 Å². The lowest BCUT2D eigenvalue weighted by atomic mass is 10.1. The molecular weight excluding hydrogens is 188 g/mol. The maximum atomic E-state index is 11.7. The van der Waals surface area contributed by atoms with Gasteiger partial charge in [0.15, 0.2) is 0 Å². The Morgan fingerprint density at radius 1 is 1.33 bits per heavy atom. The largest absolute Gasteiger partial charge is 0.456 e. The molecule has 0 bridgehead atoms. The van der Waals surface area contributed by atoms with E-state index in [1.165, 1.54) is 0 Å². The Kier molecular flexibility index (Phi) is 5.99. The summed E-state index contributed by atoms with van der Waals surface area (Å²) in [7, 11) is 0. The first kappa shape index (κ1) is 13.9. The van der Waals surface area contributed by atoms with Gasteiger partial charge < -0.3 is 4.74 Å². The molecule has 0 spiro atoms. The van der Waals surface area contributed by atoms with Crippen molar-refractivity contribution in [2.24, 2.45) is 0 Å². The highest BCUT2D eigenvalue weighted by atomic mass is 16.6. The maximum Gasteiger partial charge on any atom is 0.338 e. The summed E-state index contributed by atoms with van der Waals surface area (Å²) >= 11 is 0. The van der Waals surface area contributed by atoms with Crippen molar-refractivity contribution >= 4 is 5.97 Å². The number of hydrogen-bond acceptors (Lipinski definition) is 2. The first-order chi connectivity index (χ1) is 6.90. The number of allylic oxidation sites excluding steroid dienone is 2. The van der Waals surface area contributed by atoms with Crippen LogP contribution in [0.1, 0.15) is 47.5 Å². The smallest absolute Gasteiger partial charge is 0.338 e. The fourth-order valence-corrected chi connectivity index (χ4v) is 1.04. The number of esters is 1.